The molecule has 0 fully saturated rings. The second-order valence-electron chi connectivity index (χ2n) is 5.77. The molecule has 5 nitrogen and oxygen atoms in total. The number of aromatic nitrogens is 3. The van der Waals surface area contributed by atoms with Crippen LogP contribution >= 0.6 is 11.8 Å². The molecule has 23 heavy (non-hydrogen) atoms. The van der Waals surface area contributed by atoms with Crippen LogP contribution in [0.3, 0.4) is 0 Å². The minimum absolute atomic E-state index is 0.0707. The van der Waals surface area contributed by atoms with Crippen molar-refractivity contribution in [3.8, 4) is 11.4 Å². The molecular formula is C15H20FN3O2S2. The molecule has 0 atom stereocenters. The zero-order chi connectivity index (χ0) is 17.0. The minimum Gasteiger partial charge on any atom is -0.302 e. The Kier molecular flexibility index (Phi) is 5.80. The van der Waals surface area contributed by atoms with E-state index in [4.69, 9.17) is 0 Å². The SMILES string of the molecule is CC(C)Cn1c(SCCS(C)(=O)=O)nnc1-c1ccccc1F. The molecule has 1 heterocycles. The fourth-order valence-corrected chi connectivity index (χ4v) is 4.19. The summed E-state index contributed by atoms with van der Waals surface area (Å²) in [6.07, 6.45) is 1.21. The number of hydrogen-bond donors (Lipinski definition) is 0. The van der Waals surface area contributed by atoms with E-state index in [-0.39, 0.29) is 11.6 Å². The third-order valence-electron chi connectivity index (χ3n) is 3.06. The molecule has 126 valence electrons. The molecule has 0 radical (unpaired) electrons. The van der Waals surface area contributed by atoms with Crippen molar-refractivity contribution >= 4 is 21.6 Å². The van der Waals surface area contributed by atoms with Crippen molar-refractivity contribution in [1.82, 2.24) is 14.8 Å². The Morgan fingerprint density at radius 2 is 1.96 bits per heavy atom. The van der Waals surface area contributed by atoms with Crippen LogP contribution < -0.4 is 0 Å². The first-order chi connectivity index (χ1) is 10.8. The van der Waals surface area contributed by atoms with Gasteiger partial charge < -0.3 is 4.57 Å². The van der Waals surface area contributed by atoms with Gasteiger partial charge >= 0.3 is 0 Å². The molecule has 0 amide bonds. The van der Waals surface area contributed by atoms with Gasteiger partial charge in [-0.05, 0) is 18.1 Å². The highest BCUT2D eigenvalue weighted by molar-refractivity contribution is 8.00. The van der Waals surface area contributed by atoms with Gasteiger partial charge in [0.15, 0.2) is 11.0 Å². The van der Waals surface area contributed by atoms with E-state index in [2.05, 4.69) is 24.0 Å². The first kappa shape index (κ1) is 17.9. The second-order valence-corrected chi connectivity index (χ2v) is 9.09. The van der Waals surface area contributed by atoms with E-state index in [0.717, 1.165) is 0 Å². The molecule has 0 bridgehead atoms. The van der Waals surface area contributed by atoms with Crippen molar-refractivity contribution in [1.29, 1.82) is 0 Å². The molecular weight excluding hydrogens is 337 g/mol. The Hall–Kier alpha value is -1.41. The molecule has 8 heteroatoms. The van der Waals surface area contributed by atoms with Crippen LogP contribution in [0.5, 0.6) is 0 Å². The van der Waals surface area contributed by atoms with Gasteiger partial charge in [-0.1, -0.05) is 37.7 Å². The maximum Gasteiger partial charge on any atom is 0.191 e. The molecule has 0 saturated heterocycles. The number of rotatable bonds is 7. The molecule has 2 aromatic rings. The van der Waals surface area contributed by atoms with Crippen LogP contribution in [0.4, 0.5) is 4.39 Å². The van der Waals surface area contributed by atoms with Gasteiger partial charge in [0.2, 0.25) is 0 Å². The summed E-state index contributed by atoms with van der Waals surface area (Å²) in [7, 11) is -3.02. The third-order valence-corrected chi connectivity index (χ3v) is 5.24. The largest absolute Gasteiger partial charge is 0.302 e. The summed E-state index contributed by atoms with van der Waals surface area (Å²) in [5.41, 5.74) is 0.399. The summed E-state index contributed by atoms with van der Waals surface area (Å²) in [5.74, 6) is 0.912. The molecule has 0 saturated carbocycles. The molecule has 2 rings (SSSR count). The molecule has 0 aliphatic carbocycles. The smallest absolute Gasteiger partial charge is 0.191 e. The zero-order valence-corrected chi connectivity index (χ0v) is 15.0. The molecule has 0 unspecified atom stereocenters. The van der Waals surface area contributed by atoms with Crippen LogP contribution in [-0.4, -0.2) is 40.9 Å². The molecule has 0 aliphatic rings. The molecule has 0 N–H and O–H groups in total. The zero-order valence-electron chi connectivity index (χ0n) is 13.4. The Bertz CT molecular complexity index is 773. The van der Waals surface area contributed by atoms with E-state index in [0.29, 0.717) is 34.8 Å². The number of nitrogens with zero attached hydrogens (tertiary/aromatic N) is 3. The summed E-state index contributed by atoms with van der Waals surface area (Å²) >= 11 is 1.32. The number of halogens is 1. The lowest BCUT2D eigenvalue weighted by atomic mass is 10.2. The van der Waals surface area contributed by atoms with Crippen molar-refractivity contribution < 1.29 is 12.8 Å². The van der Waals surface area contributed by atoms with Gasteiger partial charge in [-0.15, -0.1) is 10.2 Å². The molecule has 0 spiro atoms. The van der Waals surface area contributed by atoms with Gasteiger partial charge in [0, 0.05) is 18.6 Å². The van der Waals surface area contributed by atoms with Crippen molar-refractivity contribution in [2.45, 2.75) is 25.5 Å². The predicted molar refractivity (Wildman–Crippen MR) is 90.7 cm³/mol. The summed E-state index contributed by atoms with van der Waals surface area (Å²) in [5, 5.41) is 8.85. The Balaban J connectivity index is 2.31. The van der Waals surface area contributed by atoms with Crippen LogP contribution in [0, 0.1) is 11.7 Å². The molecule has 1 aromatic carbocycles. The lowest BCUT2D eigenvalue weighted by Gasteiger charge is -2.12. The molecule has 0 aliphatic heterocycles. The number of benzene rings is 1. The Morgan fingerprint density at radius 1 is 1.26 bits per heavy atom. The summed E-state index contributed by atoms with van der Waals surface area (Å²) in [6, 6.07) is 6.44. The molecule has 1 aromatic heterocycles. The predicted octanol–water partition coefficient (Wildman–Crippen LogP) is 2.88. The van der Waals surface area contributed by atoms with Crippen LogP contribution in [0.15, 0.2) is 29.4 Å². The van der Waals surface area contributed by atoms with Crippen LogP contribution in [-0.2, 0) is 16.4 Å². The van der Waals surface area contributed by atoms with Gasteiger partial charge in [-0.25, -0.2) is 12.8 Å². The third kappa shape index (κ3) is 5.04. The highest BCUT2D eigenvalue weighted by Gasteiger charge is 2.18. The van der Waals surface area contributed by atoms with Gasteiger partial charge in [-0.3, -0.25) is 0 Å². The topological polar surface area (TPSA) is 64.8 Å². The lowest BCUT2D eigenvalue weighted by molar-refractivity contribution is 0.496. The van der Waals surface area contributed by atoms with E-state index in [1.807, 2.05) is 4.57 Å². The van der Waals surface area contributed by atoms with E-state index >= 15 is 0 Å². The van der Waals surface area contributed by atoms with Gasteiger partial charge in [0.1, 0.15) is 15.7 Å². The number of thioether (sulfide) groups is 1. The van der Waals surface area contributed by atoms with Crippen molar-refractivity contribution in [3.63, 3.8) is 0 Å². The monoisotopic (exact) mass is 357 g/mol. The first-order valence-electron chi connectivity index (χ1n) is 7.26. The minimum atomic E-state index is -3.02. The normalized spacial score (nSPS) is 12.0. The summed E-state index contributed by atoms with van der Waals surface area (Å²) < 4.78 is 38.4. The van der Waals surface area contributed by atoms with Crippen LogP contribution in [0.25, 0.3) is 11.4 Å². The summed E-state index contributed by atoms with van der Waals surface area (Å²) in [4.78, 5) is 0. The van der Waals surface area contributed by atoms with Gasteiger partial charge in [-0.2, -0.15) is 0 Å². The van der Waals surface area contributed by atoms with Crippen molar-refractivity contribution in [3.05, 3.63) is 30.1 Å². The number of sulfone groups is 1. The standard InChI is InChI=1S/C15H20FN3O2S2/c1-11(2)10-19-14(12-6-4-5-7-13(12)16)17-18-15(19)22-8-9-23(3,20)21/h4-7,11H,8-10H2,1-3H3. The highest BCUT2D eigenvalue weighted by Crippen LogP contribution is 2.26. The van der Waals surface area contributed by atoms with Gasteiger partial charge in [0.05, 0.1) is 11.3 Å². The fraction of sp³-hybridized carbons (Fsp3) is 0.467. The maximum absolute atomic E-state index is 14.0. The Morgan fingerprint density at radius 3 is 2.57 bits per heavy atom. The lowest BCUT2D eigenvalue weighted by Crippen LogP contribution is -2.10. The van der Waals surface area contributed by atoms with E-state index in [1.165, 1.54) is 24.1 Å². The van der Waals surface area contributed by atoms with Crippen molar-refractivity contribution in [2.75, 3.05) is 17.8 Å². The van der Waals surface area contributed by atoms with Gasteiger partial charge in [0.25, 0.3) is 0 Å². The van der Waals surface area contributed by atoms with Crippen molar-refractivity contribution in [2.24, 2.45) is 5.92 Å². The fourth-order valence-electron chi connectivity index (χ4n) is 2.05. The number of hydrogen-bond acceptors (Lipinski definition) is 5. The average Bonchev–Trinajstić information content (AvgIpc) is 2.80. The highest BCUT2D eigenvalue weighted by atomic mass is 32.2. The van der Waals surface area contributed by atoms with E-state index < -0.39 is 9.84 Å². The van der Waals surface area contributed by atoms with Crippen LogP contribution in [0.1, 0.15) is 13.8 Å². The quantitative estimate of drug-likeness (QED) is 0.713. The van der Waals surface area contributed by atoms with Crippen LogP contribution in [0.2, 0.25) is 0 Å². The van der Waals surface area contributed by atoms with E-state index in [9.17, 15) is 12.8 Å². The maximum atomic E-state index is 14.0. The second kappa shape index (κ2) is 7.44. The average molecular weight is 357 g/mol. The summed E-state index contributed by atoms with van der Waals surface area (Å²) in [6.45, 7) is 4.74. The van der Waals surface area contributed by atoms with E-state index in [1.54, 1.807) is 18.2 Å². The first-order valence-corrected chi connectivity index (χ1v) is 10.3. The Labute approximate surface area is 140 Å².